The number of ether oxygens (including phenoxy) is 1. The van der Waals surface area contributed by atoms with E-state index >= 15 is 0 Å². The van der Waals surface area contributed by atoms with Crippen molar-refractivity contribution < 1.29 is 14.3 Å². The molecule has 0 amide bonds. The number of carbonyl (C=O) groups excluding carboxylic acids is 2. The standard InChI is InChI=1S/C9H14O3/c1-3-9(12-7-11)5-4-8(2)6-10/h4,6-7,9H,3,5H2,1-2H3/b8-4+/t9-/m1/s1. The minimum Gasteiger partial charge on any atom is -0.464 e. The molecule has 68 valence electrons. The van der Waals surface area contributed by atoms with Gasteiger partial charge in [0.1, 0.15) is 12.4 Å². The lowest BCUT2D eigenvalue weighted by atomic mass is 10.1. The number of aldehydes is 1. The summed E-state index contributed by atoms with van der Waals surface area (Å²) in [5, 5.41) is 0. The summed E-state index contributed by atoms with van der Waals surface area (Å²) in [7, 11) is 0. The molecule has 0 aromatic carbocycles. The second-order valence-electron chi connectivity index (χ2n) is 2.56. The van der Waals surface area contributed by atoms with Crippen LogP contribution in [0.2, 0.25) is 0 Å². The van der Waals surface area contributed by atoms with Crippen molar-refractivity contribution in [3.63, 3.8) is 0 Å². The highest BCUT2D eigenvalue weighted by Crippen LogP contribution is 2.04. The van der Waals surface area contributed by atoms with Gasteiger partial charge < -0.3 is 4.74 Å². The van der Waals surface area contributed by atoms with E-state index in [9.17, 15) is 9.59 Å². The smallest absolute Gasteiger partial charge is 0.293 e. The van der Waals surface area contributed by atoms with Gasteiger partial charge in [-0.25, -0.2) is 0 Å². The first kappa shape index (κ1) is 10.9. The summed E-state index contributed by atoms with van der Waals surface area (Å²) in [6.07, 6.45) is 3.83. The molecule has 0 rings (SSSR count). The summed E-state index contributed by atoms with van der Waals surface area (Å²) in [5.74, 6) is 0. The lowest BCUT2D eigenvalue weighted by Crippen LogP contribution is -2.09. The van der Waals surface area contributed by atoms with Crippen LogP contribution in [0.3, 0.4) is 0 Å². The predicted molar refractivity (Wildman–Crippen MR) is 45.7 cm³/mol. The van der Waals surface area contributed by atoms with Gasteiger partial charge in [0.25, 0.3) is 6.47 Å². The summed E-state index contributed by atoms with van der Waals surface area (Å²) in [4.78, 5) is 20.2. The maximum atomic E-state index is 10.2. The fourth-order valence-corrected chi connectivity index (χ4v) is 0.762. The van der Waals surface area contributed by atoms with E-state index in [1.165, 1.54) is 0 Å². The zero-order valence-electron chi connectivity index (χ0n) is 7.45. The Hall–Kier alpha value is -1.12. The monoisotopic (exact) mass is 170 g/mol. The van der Waals surface area contributed by atoms with Crippen LogP contribution in [0.5, 0.6) is 0 Å². The maximum absolute atomic E-state index is 10.2. The van der Waals surface area contributed by atoms with E-state index in [4.69, 9.17) is 4.74 Å². The van der Waals surface area contributed by atoms with Crippen LogP contribution in [0.25, 0.3) is 0 Å². The van der Waals surface area contributed by atoms with Crippen molar-refractivity contribution in [2.24, 2.45) is 0 Å². The molecule has 12 heavy (non-hydrogen) atoms. The van der Waals surface area contributed by atoms with E-state index in [-0.39, 0.29) is 6.10 Å². The molecule has 0 aromatic heterocycles. The van der Waals surface area contributed by atoms with Gasteiger partial charge in [0.15, 0.2) is 0 Å². The average molecular weight is 170 g/mol. The third kappa shape index (κ3) is 4.66. The van der Waals surface area contributed by atoms with Crippen LogP contribution in [-0.4, -0.2) is 18.9 Å². The van der Waals surface area contributed by atoms with Gasteiger partial charge in [-0.05, 0) is 18.9 Å². The van der Waals surface area contributed by atoms with Crippen molar-refractivity contribution in [1.29, 1.82) is 0 Å². The van der Waals surface area contributed by atoms with Crippen molar-refractivity contribution in [2.45, 2.75) is 32.8 Å². The fourth-order valence-electron chi connectivity index (χ4n) is 0.762. The van der Waals surface area contributed by atoms with Crippen molar-refractivity contribution in [3.05, 3.63) is 11.6 Å². The molecular formula is C9H14O3. The molecule has 0 heterocycles. The van der Waals surface area contributed by atoms with Crippen molar-refractivity contribution >= 4 is 12.8 Å². The third-order valence-electron chi connectivity index (χ3n) is 1.59. The molecule has 0 spiro atoms. The van der Waals surface area contributed by atoms with Crippen LogP contribution in [0.1, 0.15) is 26.7 Å². The molecule has 0 N–H and O–H groups in total. The van der Waals surface area contributed by atoms with E-state index < -0.39 is 0 Å². The van der Waals surface area contributed by atoms with Crippen LogP contribution in [0, 0.1) is 0 Å². The molecule has 0 aliphatic carbocycles. The molecule has 0 aromatic rings. The number of hydrogen-bond acceptors (Lipinski definition) is 3. The second kappa shape index (κ2) is 6.58. The fraction of sp³-hybridized carbons (Fsp3) is 0.556. The Labute approximate surface area is 72.4 Å². The average Bonchev–Trinajstić information content (AvgIpc) is 2.11. The predicted octanol–water partition coefficient (Wildman–Crippen LogP) is 1.47. The minimum atomic E-state index is -0.0996. The quantitative estimate of drug-likeness (QED) is 0.448. The van der Waals surface area contributed by atoms with E-state index in [1.54, 1.807) is 13.0 Å². The molecule has 0 aliphatic heterocycles. The van der Waals surface area contributed by atoms with Crippen LogP contribution < -0.4 is 0 Å². The number of hydrogen-bond donors (Lipinski definition) is 0. The Morgan fingerprint density at radius 2 is 2.17 bits per heavy atom. The van der Waals surface area contributed by atoms with E-state index in [0.717, 1.165) is 12.7 Å². The summed E-state index contributed by atoms with van der Waals surface area (Å²) in [6.45, 7) is 4.09. The van der Waals surface area contributed by atoms with Crippen LogP contribution in [0.15, 0.2) is 11.6 Å². The largest absolute Gasteiger partial charge is 0.464 e. The van der Waals surface area contributed by atoms with Crippen LogP contribution in [0.4, 0.5) is 0 Å². The zero-order valence-corrected chi connectivity index (χ0v) is 7.45. The molecule has 0 saturated carbocycles. The molecule has 0 radical (unpaired) electrons. The molecular weight excluding hydrogens is 156 g/mol. The number of rotatable bonds is 6. The summed E-state index contributed by atoms with van der Waals surface area (Å²) in [6, 6.07) is 0. The molecule has 3 heteroatoms. The summed E-state index contributed by atoms with van der Waals surface area (Å²) in [5.41, 5.74) is 0.669. The first-order valence-electron chi connectivity index (χ1n) is 3.95. The Morgan fingerprint density at radius 3 is 2.58 bits per heavy atom. The summed E-state index contributed by atoms with van der Waals surface area (Å²) >= 11 is 0. The SMILES string of the molecule is CC[C@H](C/C=C(\C)C=O)OC=O. The zero-order chi connectivity index (χ0) is 9.40. The molecule has 0 fully saturated rings. The third-order valence-corrected chi connectivity index (χ3v) is 1.59. The van der Waals surface area contributed by atoms with Gasteiger partial charge in [-0.15, -0.1) is 0 Å². The first-order valence-corrected chi connectivity index (χ1v) is 3.95. The molecule has 3 nitrogen and oxygen atoms in total. The highest BCUT2D eigenvalue weighted by atomic mass is 16.5. The second-order valence-corrected chi connectivity index (χ2v) is 2.56. The number of allylic oxidation sites excluding steroid dienone is 1. The van der Waals surface area contributed by atoms with Crippen molar-refractivity contribution in [1.82, 2.24) is 0 Å². The molecule has 0 saturated heterocycles. The van der Waals surface area contributed by atoms with E-state index in [1.807, 2.05) is 6.92 Å². The Morgan fingerprint density at radius 1 is 1.50 bits per heavy atom. The molecule has 0 bridgehead atoms. The minimum absolute atomic E-state index is 0.0996. The normalized spacial score (nSPS) is 13.7. The highest BCUT2D eigenvalue weighted by Gasteiger charge is 2.03. The molecule has 0 aliphatic rings. The first-order chi connectivity index (χ1) is 5.74. The van der Waals surface area contributed by atoms with Gasteiger partial charge in [0, 0.05) is 6.42 Å². The molecule has 1 atom stereocenters. The topological polar surface area (TPSA) is 43.4 Å². The van der Waals surface area contributed by atoms with E-state index in [2.05, 4.69) is 0 Å². The maximum Gasteiger partial charge on any atom is 0.293 e. The Kier molecular flexibility index (Phi) is 5.97. The summed E-state index contributed by atoms with van der Waals surface area (Å²) < 4.78 is 4.74. The lowest BCUT2D eigenvalue weighted by Gasteiger charge is -2.09. The number of carbonyl (C=O) groups is 2. The van der Waals surface area contributed by atoms with Gasteiger partial charge >= 0.3 is 0 Å². The molecule has 0 unspecified atom stereocenters. The van der Waals surface area contributed by atoms with Gasteiger partial charge in [-0.1, -0.05) is 13.0 Å². The lowest BCUT2D eigenvalue weighted by molar-refractivity contribution is -0.133. The van der Waals surface area contributed by atoms with Crippen molar-refractivity contribution in [2.75, 3.05) is 0 Å². The van der Waals surface area contributed by atoms with E-state index in [0.29, 0.717) is 18.5 Å². The van der Waals surface area contributed by atoms with Crippen LogP contribution >= 0.6 is 0 Å². The van der Waals surface area contributed by atoms with Gasteiger partial charge in [-0.3, -0.25) is 9.59 Å². The van der Waals surface area contributed by atoms with Gasteiger partial charge in [-0.2, -0.15) is 0 Å². The van der Waals surface area contributed by atoms with Crippen LogP contribution in [-0.2, 0) is 14.3 Å². The Bertz CT molecular complexity index is 173. The highest BCUT2D eigenvalue weighted by molar-refractivity contribution is 5.71. The van der Waals surface area contributed by atoms with Crippen molar-refractivity contribution in [3.8, 4) is 0 Å². The van der Waals surface area contributed by atoms with Gasteiger partial charge in [0.05, 0.1) is 0 Å². The van der Waals surface area contributed by atoms with Gasteiger partial charge in [0.2, 0.25) is 0 Å². The Balaban J connectivity index is 3.85.